The van der Waals surface area contributed by atoms with Crippen LogP contribution in [-0.2, 0) is 6.42 Å². The number of hydrogen-bond donors (Lipinski definition) is 2. The summed E-state index contributed by atoms with van der Waals surface area (Å²) in [5.74, 6) is 1.67. The largest absolute Gasteiger partial charge is 0.497 e. The molecule has 0 radical (unpaired) electrons. The maximum Gasteiger partial charge on any atom is 0.137 e. The molecule has 0 aliphatic carbocycles. The number of nitrogen functional groups attached to an aromatic ring is 1. The Labute approximate surface area is 164 Å². The number of methoxy groups -OCH3 is 1. The van der Waals surface area contributed by atoms with Gasteiger partial charge < -0.3 is 15.8 Å². The van der Waals surface area contributed by atoms with E-state index in [0.29, 0.717) is 5.69 Å². The summed E-state index contributed by atoms with van der Waals surface area (Å²) in [6.45, 7) is 0.766. The first-order valence-corrected chi connectivity index (χ1v) is 9.20. The van der Waals surface area contributed by atoms with E-state index in [0.717, 1.165) is 41.0 Å². The topological polar surface area (TPSA) is 73.1 Å². The van der Waals surface area contributed by atoms with Crippen molar-refractivity contribution < 1.29 is 4.74 Å². The summed E-state index contributed by atoms with van der Waals surface area (Å²) >= 11 is 0. The first-order valence-electron chi connectivity index (χ1n) is 9.20. The molecule has 140 valence electrons. The lowest BCUT2D eigenvalue weighted by Crippen LogP contribution is -2.07. The summed E-state index contributed by atoms with van der Waals surface area (Å²) in [6.07, 6.45) is 2.45. The van der Waals surface area contributed by atoms with E-state index in [2.05, 4.69) is 51.7 Å². The van der Waals surface area contributed by atoms with Gasteiger partial charge in [0.15, 0.2) is 0 Å². The maximum absolute atomic E-state index is 5.91. The van der Waals surface area contributed by atoms with Crippen molar-refractivity contribution in [2.45, 2.75) is 6.42 Å². The Morgan fingerprint density at radius 2 is 1.75 bits per heavy atom. The Morgan fingerprint density at radius 1 is 0.929 bits per heavy atom. The third kappa shape index (κ3) is 3.88. The molecule has 28 heavy (non-hydrogen) atoms. The van der Waals surface area contributed by atoms with Crippen molar-refractivity contribution in [2.24, 2.45) is 0 Å². The number of nitrogens with one attached hydrogen (secondary N) is 1. The second kappa shape index (κ2) is 7.96. The number of hydrogen-bond acceptors (Lipinski definition) is 5. The van der Waals surface area contributed by atoms with E-state index >= 15 is 0 Å². The van der Waals surface area contributed by atoms with Crippen molar-refractivity contribution in [3.63, 3.8) is 0 Å². The van der Waals surface area contributed by atoms with Crippen LogP contribution in [0.25, 0.3) is 22.0 Å². The van der Waals surface area contributed by atoms with Crippen molar-refractivity contribution in [3.05, 3.63) is 78.6 Å². The first kappa shape index (κ1) is 17.8. The number of nitrogens with two attached hydrogens (primary N) is 1. The van der Waals surface area contributed by atoms with Crippen LogP contribution in [-0.4, -0.2) is 23.6 Å². The number of nitrogens with zero attached hydrogens (tertiary/aromatic N) is 2. The Hall–Kier alpha value is -3.60. The van der Waals surface area contributed by atoms with Crippen LogP contribution >= 0.6 is 0 Å². The van der Waals surface area contributed by atoms with Crippen LogP contribution in [0.2, 0.25) is 0 Å². The van der Waals surface area contributed by atoms with Crippen LogP contribution in [0.3, 0.4) is 0 Å². The van der Waals surface area contributed by atoms with Crippen molar-refractivity contribution in [2.75, 3.05) is 24.7 Å². The minimum Gasteiger partial charge on any atom is -0.497 e. The van der Waals surface area contributed by atoms with Crippen LogP contribution in [0.4, 0.5) is 11.5 Å². The fourth-order valence-electron chi connectivity index (χ4n) is 3.25. The zero-order valence-electron chi connectivity index (χ0n) is 15.7. The second-order valence-corrected chi connectivity index (χ2v) is 6.61. The molecule has 0 aliphatic rings. The molecule has 5 nitrogen and oxygen atoms in total. The smallest absolute Gasteiger partial charge is 0.137 e. The van der Waals surface area contributed by atoms with Crippen LogP contribution < -0.4 is 15.8 Å². The van der Waals surface area contributed by atoms with Gasteiger partial charge in [-0.2, -0.15) is 0 Å². The number of aromatic nitrogens is 2. The maximum atomic E-state index is 5.91. The minimum absolute atomic E-state index is 0.705. The summed E-state index contributed by atoms with van der Waals surface area (Å²) in [6, 6.07) is 22.3. The average Bonchev–Trinajstić information content (AvgIpc) is 2.74. The van der Waals surface area contributed by atoms with Crippen LogP contribution in [0.15, 0.2) is 73.1 Å². The Balaban J connectivity index is 1.48. The van der Waals surface area contributed by atoms with Gasteiger partial charge in [-0.1, -0.05) is 36.4 Å². The average molecular weight is 370 g/mol. The van der Waals surface area contributed by atoms with E-state index in [9.17, 15) is 0 Å². The van der Waals surface area contributed by atoms with Crippen LogP contribution in [0.5, 0.6) is 5.75 Å². The highest BCUT2D eigenvalue weighted by Crippen LogP contribution is 2.25. The normalized spacial score (nSPS) is 10.8. The molecule has 0 saturated carbocycles. The Kier molecular flexibility index (Phi) is 5.06. The first-order chi connectivity index (χ1) is 13.7. The molecule has 0 atom stereocenters. The molecule has 1 heterocycles. The molecule has 3 aromatic carbocycles. The summed E-state index contributed by atoms with van der Waals surface area (Å²) in [7, 11) is 1.69. The summed E-state index contributed by atoms with van der Waals surface area (Å²) in [4.78, 5) is 8.66. The van der Waals surface area contributed by atoms with Gasteiger partial charge in [0.05, 0.1) is 12.6 Å². The van der Waals surface area contributed by atoms with Crippen LogP contribution in [0.1, 0.15) is 5.56 Å². The molecular formula is C23H22N4O. The Bertz CT molecular complexity index is 1110. The van der Waals surface area contributed by atoms with E-state index in [1.165, 1.54) is 11.1 Å². The predicted molar refractivity (Wildman–Crippen MR) is 115 cm³/mol. The van der Waals surface area contributed by atoms with Gasteiger partial charge in [0.2, 0.25) is 0 Å². The highest BCUT2D eigenvalue weighted by atomic mass is 16.5. The fourth-order valence-corrected chi connectivity index (χ4v) is 3.25. The van der Waals surface area contributed by atoms with Gasteiger partial charge in [-0.15, -0.1) is 0 Å². The van der Waals surface area contributed by atoms with Gasteiger partial charge in [-0.3, -0.25) is 0 Å². The lowest BCUT2D eigenvalue weighted by Gasteiger charge is -2.10. The van der Waals surface area contributed by atoms with Gasteiger partial charge in [-0.05, 0) is 53.4 Å². The molecule has 0 aliphatic heterocycles. The molecule has 3 N–H and O–H groups in total. The predicted octanol–water partition coefficient (Wildman–Crippen LogP) is 4.54. The standard InChI is InChI=1S/C23H22N4O/c1-28-20-7-3-6-18(13-20)17-5-2-4-16(12-17)10-11-25-23-21-14-19(24)8-9-22(21)26-15-27-23/h2-9,12-15H,10-11,24H2,1H3,(H,25,26,27). The molecule has 4 aromatic rings. The van der Waals surface area contributed by atoms with E-state index in [1.54, 1.807) is 13.4 Å². The van der Waals surface area contributed by atoms with Crippen molar-refractivity contribution in [1.29, 1.82) is 0 Å². The highest BCUT2D eigenvalue weighted by molar-refractivity contribution is 5.91. The number of benzene rings is 3. The lowest BCUT2D eigenvalue weighted by atomic mass is 10.0. The summed E-state index contributed by atoms with van der Waals surface area (Å²) in [5.41, 5.74) is 11.1. The van der Waals surface area contributed by atoms with Gasteiger partial charge in [0.25, 0.3) is 0 Å². The number of rotatable bonds is 6. The quantitative estimate of drug-likeness (QED) is 0.487. The third-order valence-electron chi connectivity index (χ3n) is 4.70. The number of anilines is 2. The lowest BCUT2D eigenvalue weighted by molar-refractivity contribution is 0.415. The molecule has 5 heteroatoms. The van der Waals surface area contributed by atoms with E-state index in [-0.39, 0.29) is 0 Å². The molecule has 0 fully saturated rings. The molecule has 0 bridgehead atoms. The monoisotopic (exact) mass is 370 g/mol. The van der Waals surface area contributed by atoms with Gasteiger partial charge in [-0.25, -0.2) is 9.97 Å². The van der Waals surface area contributed by atoms with Crippen molar-refractivity contribution in [3.8, 4) is 16.9 Å². The van der Waals surface area contributed by atoms with Gasteiger partial charge >= 0.3 is 0 Å². The Morgan fingerprint density at radius 3 is 2.61 bits per heavy atom. The summed E-state index contributed by atoms with van der Waals surface area (Å²) < 4.78 is 5.33. The third-order valence-corrected chi connectivity index (χ3v) is 4.70. The zero-order valence-corrected chi connectivity index (χ0v) is 15.7. The van der Waals surface area contributed by atoms with Gasteiger partial charge in [0, 0.05) is 17.6 Å². The van der Waals surface area contributed by atoms with Crippen LogP contribution in [0, 0.1) is 0 Å². The molecular weight excluding hydrogens is 348 g/mol. The van der Waals surface area contributed by atoms with E-state index < -0.39 is 0 Å². The highest BCUT2D eigenvalue weighted by Gasteiger charge is 2.05. The number of ether oxygens (including phenoxy) is 1. The van der Waals surface area contributed by atoms with E-state index in [4.69, 9.17) is 10.5 Å². The molecule has 0 unspecified atom stereocenters. The molecule has 0 amide bonds. The van der Waals surface area contributed by atoms with Gasteiger partial charge in [0.1, 0.15) is 17.9 Å². The molecule has 0 spiro atoms. The van der Waals surface area contributed by atoms with Crippen molar-refractivity contribution >= 4 is 22.4 Å². The zero-order chi connectivity index (χ0) is 19.3. The summed E-state index contributed by atoms with van der Waals surface area (Å²) in [5, 5.41) is 4.35. The SMILES string of the molecule is COc1cccc(-c2cccc(CCNc3ncnc4ccc(N)cc34)c2)c1. The molecule has 1 aromatic heterocycles. The van der Waals surface area contributed by atoms with E-state index in [1.807, 2.05) is 30.3 Å². The fraction of sp³-hybridized carbons (Fsp3) is 0.130. The minimum atomic E-state index is 0.705. The molecule has 4 rings (SSSR count). The second-order valence-electron chi connectivity index (χ2n) is 6.61. The van der Waals surface area contributed by atoms with Crippen molar-refractivity contribution in [1.82, 2.24) is 9.97 Å². The molecule has 0 saturated heterocycles. The number of fused-ring (bicyclic) bond motifs is 1.